The van der Waals surface area contributed by atoms with Gasteiger partial charge in [0, 0.05) is 5.56 Å². The molecule has 0 unspecified atom stereocenters. The first kappa shape index (κ1) is 12.2. The molecule has 20 heavy (non-hydrogen) atoms. The van der Waals surface area contributed by atoms with Gasteiger partial charge in [-0.25, -0.2) is 8.78 Å². The quantitative estimate of drug-likeness (QED) is 0.736. The van der Waals surface area contributed by atoms with Crippen molar-refractivity contribution in [3.8, 4) is 17.1 Å². The van der Waals surface area contributed by atoms with Crippen LogP contribution in [0.5, 0.6) is 5.75 Å². The van der Waals surface area contributed by atoms with Crippen LogP contribution in [0.15, 0.2) is 48.5 Å². The maximum absolute atomic E-state index is 12.9. The van der Waals surface area contributed by atoms with Crippen molar-refractivity contribution >= 4 is 0 Å². The number of halogens is 2. The van der Waals surface area contributed by atoms with Gasteiger partial charge in [-0.2, -0.15) is 0 Å². The van der Waals surface area contributed by atoms with E-state index in [2.05, 4.69) is 15.5 Å². The molecule has 2 aromatic carbocycles. The summed E-state index contributed by atoms with van der Waals surface area (Å²) in [6.07, 6.45) is 0. The lowest BCUT2D eigenvalue weighted by atomic mass is 10.2. The second-order valence-corrected chi connectivity index (χ2v) is 3.93. The van der Waals surface area contributed by atoms with Gasteiger partial charge < -0.3 is 4.84 Å². The molecule has 0 saturated carbocycles. The zero-order valence-electron chi connectivity index (χ0n) is 10.1. The minimum atomic E-state index is -0.368. The standard InChI is InChI=1S/C13H8F2N4O/c14-10-3-1-9(2-4-10)13-16-17-18-19(13)20-12-7-5-11(15)6-8-12/h1-8H. The zero-order chi connectivity index (χ0) is 13.9. The smallest absolute Gasteiger partial charge is 0.222 e. The highest BCUT2D eigenvalue weighted by molar-refractivity contribution is 5.53. The van der Waals surface area contributed by atoms with Gasteiger partial charge in [0.25, 0.3) is 0 Å². The van der Waals surface area contributed by atoms with E-state index in [1.165, 1.54) is 48.5 Å². The Kier molecular flexibility index (Phi) is 3.08. The van der Waals surface area contributed by atoms with E-state index in [0.29, 0.717) is 17.1 Å². The maximum Gasteiger partial charge on any atom is 0.222 e. The largest absolute Gasteiger partial charge is 0.354 e. The van der Waals surface area contributed by atoms with Crippen LogP contribution in [0.4, 0.5) is 8.78 Å². The van der Waals surface area contributed by atoms with Crippen LogP contribution in [0.2, 0.25) is 0 Å². The van der Waals surface area contributed by atoms with Gasteiger partial charge in [-0.05, 0) is 59.0 Å². The van der Waals surface area contributed by atoms with Gasteiger partial charge in [0.15, 0.2) is 5.75 Å². The Bertz CT molecular complexity index is 710. The topological polar surface area (TPSA) is 52.8 Å². The summed E-state index contributed by atoms with van der Waals surface area (Å²) in [6.45, 7) is 0. The lowest BCUT2D eigenvalue weighted by molar-refractivity contribution is 0.177. The van der Waals surface area contributed by atoms with Gasteiger partial charge in [-0.15, -0.1) is 5.10 Å². The van der Waals surface area contributed by atoms with E-state index in [1.807, 2.05) is 0 Å². The van der Waals surface area contributed by atoms with Gasteiger partial charge in [0.1, 0.15) is 11.6 Å². The monoisotopic (exact) mass is 274 g/mol. The summed E-state index contributed by atoms with van der Waals surface area (Å²) in [7, 11) is 0. The molecule has 1 aromatic heterocycles. The van der Waals surface area contributed by atoms with E-state index in [0.717, 1.165) is 4.85 Å². The highest BCUT2D eigenvalue weighted by Gasteiger charge is 2.11. The lowest BCUT2D eigenvalue weighted by Gasteiger charge is -2.05. The third kappa shape index (κ3) is 2.46. The summed E-state index contributed by atoms with van der Waals surface area (Å²) >= 11 is 0. The van der Waals surface area contributed by atoms with Crippen molar-refractivity contribution in [1.82, 2.24) is 20.4 Å². The van der Waals surface area contributed by atoms with Crippen LogP contribution in [0, 0.1) is 11.6 Å². The van der Waals surface area contributed by atoms with Gasteiger partial charge in [0.2, 0.25) is 5.82 Å². The minimum absolute atomic E-state index is 0.314. The van der Waals surface area contributed by atoms with Gasteiger partial charge in [-0.1, -0.05) is 4.85 Å². The summed E-state index contributed by atoms with van der Waals surface area (Å²) in [5, 5.41) is 11.0. The van der Waals surface area contributed by atoms with E-state index in [9.17, 15) is 8.78 Å². The van der Waals surface area contributed by atoms with Crippen LogP contribution in [-0.4, -0.2) is 20.4 Å². The van der Waals surface area contributed by atoms with E-state index in [1.54, 1.807) is 0 Å². The molecule has 0 bridgehead atoms. The van der Waals surface area contributed by atoms with Crippen molar-refractivity contribution in [3.05, 3.63) is 60.2 Å². The highest BCUT2D eigenvalue weighted by atomic mass is 19.1. The van der Waals surface area contributed by atoms with Crippen molar-refractivity contribution in [3.63, 3.8) is 0 Å². The van der Waals surface area contributed by atoms with E-state index < -0.39 is 0 Å². The summed E-state index contributed by atoms with van der Waals surface area (Å²) < 4.78 is 25.7. The number of tetrazole rings is 1. The van der Waals surface area contributed by atoms with Gasteiger partial charge in [0.05, 0.1) is 0 Å². The Labute approximate surface area is 112 Å². The first-order chi connectivity index (χ1) is 9.72. The van der Waals surface area contributed by atoms with Crippen LogP contribution in [0.25, 0.3) is 11.4 Å². The van der Waals surface area contributed by atoms with Gasteiger partial charge >= 0.3 is 0 Å². The predicted octanol–water partition coefficient (Wildman–Crippen LogP) is 2.46. The first-order valence-electron chi connectivity index (χ1n) is 5.70. The highest BCUT2D eigenvalue weighted by Crippen LogP contribution is 2.18. The minimum Gasteiger partial charge on any atom is -0.354 e. The van der Waals surface area contributed by atoms with Crippen molar-refractivity contribution in [2.24, 2.45) is 0 Å². The number of nitrogens with zero attached hydrogens (tertiary/aromatic N) is 4. The molecule has 0 aliphatic carbocycles. The number of hydrogen-bond acceptors (Lipinski definition) is 4. The fourth-order valence-electron chi connectivity index (χ4n) is 1.60. The molecule has 0 fully saturated rings. The van der Waals surface area contributed by atoms with Crippen LogP contribution in [-0.2, 0) is 0 Å². The van der Waals surface area contributed by atoms with Crippen LogP contribution in [0.1, 0.15) is 0 Å². The third-order valence-electron chi connectivity index (χ3n) is 2.55. The number of rotatable bonds is 3. The summed E-state index contributed by atoms with van der Waals surface area (Å²) in [5.41, 5.74) is 0.596. The molecule has 0 saturated heterocycles. The number of hydrogen-bond donors (Lipinski definition) is 0. The average Bonchev–Trinajstić information content (AvgIpc) is 2.90. The third-order valence-corrected chi connectivity index (χ3v) is 2.55. The van der Waals surface area contributed by atoms with Crippen LogP contribution >= 0.6 is 0 Å². The molecule has 100 valence electrons. The second-order valence-electron chi connectivity index (χ2n) is 3.93. The molecular formula is C13H8F2N4O. The molecule has 0 amide bonds. The molecular weight excluding hydrogens is 266 g/mol. The fourth-order valence-corrected chi connectivity index (χ4v) is 1.60. The SMILES string of the molecule is Fc1ccc(On2nnnc2-c2ccc(F)cc2)cc1. The van der Waals surface area contributed by atoms with E-state index >= 15 is 0 Å². The molecule has 0 aliphatic heterocycles. The molecule has 0 spiro atoms. The molecule has 0 atom stereocenters. The van der Waals surface area contributed by atoms with E-state index in [4.69, 9.17) is 4.84 Å². The lowest BCUT2D eigenvalue weighted by Crippen LogP contribution is -2.09. The number of aromatic nitrogens is 4. The normalized spacial score (nSPS) is 10.5. The first-order valence-corrected chi connectivity index (χ1v) is 5.70. The summed E-state index contributed by atoms with van der Waals surface area (Å²) in [4.78, 5) is 6.49. The van der Waals surface area contributed by atoms with Crippen molar-refractivity contribution < 1.29 is 13.6 Å². The fraction of sp³-hybridized carbons (Fsp3) is 0. The van der Waals surface area contributed by atoms with Crippen LogP contribution < -0.4 is 4.84 Å². The summed E-state index contributed by atoms with van der Waals surface area (Å²) in [6, 6.07) is 11.1. The zero-order valence-corrected chi connectivity index (χ0v) is 10.1. The molecule has 1 heterocycles. The molecule has 5 nitrogen and oxygen atoms in total. The van der Waals surface area contributed by atoms with Crippen molar-refractivity contribution in [1.29, 1.82) is 0 Å². The Hall–Kier alpha value is -2.83. The second kappa shape index (κ2) is 5.04. The van der Waals surface area contributed by atoms with Gasteiger partial charge in [-0.3, -0.25) is 0 Å². The Morgan fingerprint density at radius 2 is 1.45 bits per heavy atom. The average molecular weight is 274 g/mol. The molecule has 0 N–H and O–H groups in total. The molecule has 3 aromatic rings. The number of benzene rings is 2. The van der Waals surface area contributed by atoms with E-state index in [-0.39, 0.29) is 11.6 Å². The Morgan fingerprint density at radius 1 is 0.850 bits per heavy atom. The predicted molar refractivity (Wildman–Crippen MR) is 65.6 cm³/mol. The Balaban J connectivity index is 1.90. The molecule has 3 rings (SSSR count). The molecule has 0 aliphatic rings. The maximum atomic E-state index is 12.9. The Morgan fingerprint density at radius 3 is 2.10 bits per heavy atom. The van der Waals surface area contributed by atoms with Crippen molar-refractivity contribution in [2.45, 2.75) is 0 Å². The molecule has 0 radical (unpaired) electrons. The molecule has 7 heteroatoms. The summed E-state index contributed by atoms with van der Waals surface area (Å²) in [5.74, 6) is -0.0311. The van der Waals surface area contributed by atoms with Crippen LogP contribution in [0.3, 0.4) is 0 Å². The van der Waals surface area contributed by atoms with Crippen molar-refractivity contribution in [2.75, 3.05) is 0 Å².